The number of amides is 3. The first kappa shape index (κ1) is 23.3. The normalized spacial score (nSPS) is 15.4. The van der Waals surface area contributed by atoms with Crippen molar-refractivity contribution < 1.29 is 36.7 Å². The van der Waals surface area contributed by atoms with Crippen LogP contribution in [0.5, 0.6) is 5.88 Å². The van der Waals surface area contributed by atoms with Crippen molar-refractivity contribution in [2.75, 3.05) is 19.7 Å². The van der Waals surface area contributed by atoms with Gasteiger partial charge in [0.25, 0.3) is 17.1 Å². The summed E-state index contributed by atoms with van der Waals surface area (Å²) in [6.45, 7) is -1.98. The van der Waals surface area contributed by atoms with Crippen molar-refractivity contribution in [2.24, 2.45) is 0 Å². The number of nitrogens with zero attached hydrogens (tertiary/aromatic N) is 2. The van der Waals surface area contributed by atoms with Gasteiger partial charge in [0.1, 0.15) is 11.4 Å². The molecule has 1 aliphatic heterocycles. The Kier molecular flexibility index (Phi) is 7.13. The molecule has 3 amide bonds. The van der Waals surface area contributed by atoms with Gasteiger partial charge in [0.05, 0.1) is 4.91 Å². The summed E-state index contributed by atoms with van der Waals surface area (Å²) in [4.78, 5) is 41.4. The lowest BCUT2D eigenvalue weighted by atomic mass is 10.2. The third-order valence-electron chi connectivity index (χ3n) is 4.07. The van der Waals surface area contributed by atoms with Crippen LogP contribution >= 0.6 is 11.8 Å². The molecule has 1 saturated heterocycles. The predicted molar refractivity (Wildman–Crippen MR) is 107 cm³/mol. The molecule has 0 unspecified atom stereocenters. The van der Waals surface area contributed by atoms with Gasteiger partial charge in [0.15, 0.2) is 6.61 Å². The van der Waals surface area contributed by atoms with Gasteiger partial charge in [-0.2, -0.15) is 13.2 Å². The van der Waals surface area contributed by atoms with E-state index in [0.29, 0.717) is 11.8 Å². The maximum atomic E-state index is 13.8. The highest BCUT2D eigenvalue weighted by Gasteiger charge is 2.35. The third kappa shape index (κ3) is 5.84. The summed E-state index contributed by atoms with van der Waals surface area (Å²) in [5.41, 5.74) is -0.0837. The summed E-state index contributed by atoms with van der Waals surface area (Å²) < 4.78 is 55.4. The van der Waals surface area contributed by atoms with Gasteiger partial charge in [-0.25, -0.2) is 9.37 Å². The highest BCUT2D eigenvalue weighted by Crippen LogP contribution is 2.32. The first-order valence-electron chi connectivity index (χ1n) is 9.08. The molecule has 3 rings (SSSR count). The molecule has 32 heavy (non-hydrogen) atoms. The monoisotopic (exact) mass is 469 g/mol. The van der Waals surface area contributed by atoms with Crippen LogP contribution in [-0.4, -0.2) is 52.8 Å². The van der Waals surface area contributed by atoms with Crippen molar-refractivity contribution in [3.63, 3.8) is 0 Å². The topological polar surface area (TPSA) is 88.6 Å². The predicted octanol–water partition coefficient (Wildman–Crippen LogP) is 3.63. The summed E-state index contributed by atoms with van der Waals surface area (Å²) in [6, 6.07) is 8.32. The summed E-state index contributed by atoms with van der Waals surface area (Å²) in [7, 11) is 0. The molecule has 1 N–H and O–H groups in total. The lowest BCUT2D eigenvalue weighted by molar-refractivity contribution is -0.154. The van der Waals surface area contributed by atoms with Gasteiger partial charge in [0, 0.05) is 24.8 Å². The maximum absolute atomic E-state index is 13.8. The van der Waals surface area contributed by atoms with Crippen LogP contribution in [0.3, 0.4) is 0 Å². The SMILES string of the molecule is O=C(NCCN1C(=O)S/C(=C\c2ccccc2F)C1=O)c1cccnc1OCC(F)(F)F. The second-order valence-corrected chi connectivity index (χ2v) is 7.36. The number of benzene rings is 1. The maximum Gasteiger partial charge on any atom is 0.422 e. The van der Waals surface area contributed by atoms with E-state index in [4.69, 9.17) is 0 Å². The number of thioether (sulfide) groups is 1. The Morgan fingerprint density at radius 1 is 1.19 bits per heavy atom. The summed E-state index contributed by atoms with van der Waals surface area (Å²) >= 11 is 0.635. The Balaban J connectivity index is 1.60. The smallest absolute Gasteiger partial charge is 0.422 e. The van der Waals surface area contributed by atoms with E-state index in [-0.39, 0.29) is 29.1 Å². The van der Waals surface area contributed by atoms with Gasteiger partial charge in [-0.1, -0.05) is 18.2 Å². The first-order valence-corrected chi connectivity index (χ1v) is 9.90. The molecule has 2 aromatic rings. The van der Waals surface area contributed by atoms with Crippen molar-refractivity contribution in [1.82, 2.24) is 15.2 Å². The van der Waals surface area contributed by atoms with E-state index in [9.17, 15) is 31.9 Å². The molecule has 0 aliphatic carbocycles. The molecular weight excluding hydrogens is 454 g/mol. The summed E-state index contributed by atoms with van der Waals surface area (Å²) in [5.74, 6) is -2.48. The molecule has 0 atom stereocenters. The van der Waals surface area contributed by atoms with Crippen LogP contribution in [-0.2, 0) is 4.79 Å². The third-order valence-corrected chi connectivity index (χ3v) is 4.98. The number of carbonyl (C=O) groups is 3. The van der Waals surface area contributed by atoms with E-state index in [2.05, 4.69) is 15.0 Å². The number of rotatable bonds is 7. The highest BCUT2D eigenvalue weighted by atomic mass is 32.2. The van der Waals surface area contributed by atoms with Crippen LogP contribution in [0.4, 0.5) is 22.4 Å². The van der Waals surface area contributed by atoms with Crippen molar-refractivity contribution in [3.05, 3.63) is 64.4 Å². The minimum absolute atomic E-state index is 0.0292. The zero-order valence-corrected chi connectivity index (χ0v) is 17.0. The summed E-state index contributed by atoms with van der Waals surface area (Å²) in [6.07, 6.45) is -2.17. The number of hydrogen-bond acceptors (Lipinski definition) is 6. The number of aromatic nitrogens is 1. The Bertz CT molecular complexity index is 1070. The fourth-order valence-corrected chi connectivity index (χ4v) is 3.49. The van der Waals surface area contributed by atoms with Crippen LogP contribution in [0.2, 0.25) is 0 Å². The molecule has 0 radical (unpaired) electrons. The molecule has 1 aliphatic rings. The van der Waals surface area contributed by atoms with Gasteiger partial charge in [-0.05, 0) is 36.0 Å². The van der Waals surface area contributed by atoms with Crippen LogP contribution in [0.1, 0.15) is 15.9 Å². The zero-order valence-electron chi connectivity index (χ0n) is 16.2. The standard InChI is InChI=1S/C20H15F4N3O4S/c21-14-6-2-1-4-12(14)10-15-18(29)27(19(30)32-15)9-8-25-16(28)13-5-3-7-26-17(13)31-11-20(22,23)24/h1-7,10H,8-9,11H2,(H,25,28)/b15-10-. The Labute approximate surface area is 183 Å². The second kappa shape index (κ2) is 9.81. The van der Waals surface area contributed by atoms with Gasteiger partial charge < -0.3 is 10.1 Å². The number of hydrogen-bond donors (Lipinski definition) is 1. The Morgan fingerprint density at radius 3 is 2.66 bits per heavy atom. The van der Waals surface area contributed by atoms with Crippen molar-refractivity contribution in [1.29, 1.82) is 0 Å². The number of imide groups is 1. The zero-order chi connectivity index (χ0) is 23.3. The molecule has 0 spiro atoms. The number of alkyl halides is 3. The average molecular weight is 469 g/mol. The molecular formula is C20H15F4N3O4S. The van der Waals surface area contributed by atoms with Crippen LogP contribution in [0, 0.1) is 5.82 Å². The van der Waals surface area contributed by atoms with E-state index in [1.54, 1.807) is 6.07 Å². The summed E-state index contributed by atoms with van der Waals surface area (Å²) in [5, 5.41) is 1.81. The molecule has 12 heteroatoms. The quantitative estimate of drug-likeness (QED) is 0.492. The number of pyridine rings is 1. The first-order chi connectivity index (χ1) is 15.2. The molecule has 0 saturated carbocycles. The number of nitrogens with one attached hydrogen (secondary N) is 1. The van der Waals surface area contributed by atoms with Crippen LogP contribution < -0.4 is 10.1 Å². The van der Waals surface area contributed by atoms with Crippen molar-refractivity contribution >= 4 is 34.9 Å². The Morgan fingerprint density at radius 2 is 1.94 bits per heavy atom. The fraction of sp³-hybridized carbons (Fsp3) is 0.200. The van der Waals surface area contributed by atoms with Gasteiger partial charge in [0.2, 0.25) is 5.88 Å². The second-order valence-electron chi connectivity index (χ2n) is 6.37. The van der Waals surface area contributed by atoms with Crippen LogP contribution in [0.15, 0.2) is 47.5 Å². The molecule has 1 fully saturated rings. The lowest BCUT2D eigenvalue weighted by Gasteiger charge is -2.14. The fourth-order valence-electron chi connectivity index (χ4n) is 2.63. The van der Waals surface area contributed by atoms with Crippen molar-refractivity contribution in [3.8, 4) is 5.88 Å². The van der Waals surface area contributed by atoms with Crippen molar-refractivity contribution in [2.45, 2.75) is 6.18 Å². The number of ether oxygens (including phenoxy) is 1. The lowest BCUT2D eigenvalue weighted by Crippen LogP contribution is -2.37. The highest BCUT2D eigenvalue weighted by molar-refractivity contribution is 8.18. The van der Waals surface area contributed by atoms with E-state index < -0.39 is 41.5 Å². The molecule has 1 aromatic heterocycles. The largest absolute Gasteiger partial charge is 0.467 e. The molecule has 0 bridgehead atoms. The van der Waals surface area contributed by atoms with E-state index >= 15 is 0 Å². The average Bonchev–Trinajstić information content (AvgIpc) is 3.01. The van der Waals surface area contributed by atoms with Gasteiger partial charge >= 0.3 is 6.18 Å². The number of halogens is 4. The van der Waals surface area contributed by atoms with E-state index in [1.165, 1.54) is 42.6 Å². The molecule has 7 nitrogen and oxygen atoms in total. The minimum atomic E-state index is -4.60. The van der Waals surface area contributed by atoms with E-state index in [1.807, 2.05) is 0 Å². The van der Waals surface area contributed by atoms with E-state index in [0.717, 1.165) is 4.90 Å². The number of carbonyl (C=O) groups excluding carboxylic acids is 3. The molecule has 1 aromatic carbocycles. The van der Waals surface area contributed by atoms with Gasteiger partial charge in [-0.3, -0.25) is 19.3 Å². The van der Waals surface area contributed by atoms with Crippen LogP contribution in [0.25, 0.3) is 6.08 Å². The Hall–Kier alpha value is -3.41. The van der Waals surface area contributed by atoms with Gasteiger partial charge in [-0.15, -0.1) is 0 Å². The minimum Gasteiger partial charge on any atom is -0.467 e. The molecule has 2 heterocycles. The molecule has 168 valence electrons.